The summed E-state index contributed by atoms with van der Waals surface area (Å²) in [6.45, 7) is 0.991. The lowest BCUT2D eigenvalue weighted by Gasteiger charge is -2.29. The zero-order valence-corrected chi connectivity index (χ0v) is 15.9. The lowest BCUT2D eigenvalue weighted by atomic mass is 10.1. The monoisotopic (exact) mass is 387 g/mol. The second-order valence-corrected chi connectivity index (χ2v) is 6.76. The van der Waals surface area contributed by atoms with Gasteiger partial charge < -0.3 is 15.0 Å². The minimum absolute atomic E-state index is 0.0355. The van der Waals surface area contributed by atoms with E-state index in [-0.39, 0.29) is 18.4 Å². The number of nitrogens with zero attached hydrogens (tertiary/aromatic N) is 2. The maximum absolute atomic E-state index is 12.3. The Kier molecular flexibility index (Phi) is 5.52. The number of rotatable bonds is 6. The van der Waals surface area contributed by atoms with Gasteiger partial charge in [-0.1, -0.05) is 30.3 Å². The van der Waals surface area contributed by atoms with Crippen LogP contribution in [0.15, 0.2) is 72.9 Å². The Balaban J connectivity index is 1.37. The number of pyridine rings is 1. The number of carbonyl (C=O) groups excluding carboxylic acids is 2. The SMILES string of the molecule is O=C(NCCc1ccccn1)c1ccc(CN2C(=O)COc3ccccc32)cc1. The standard InChI is InChI=1S/C23H21N3O3/c27-22-16-29-21-7-2-1-6-20(21)26(22)15-17-8-10-18(11-9-17)23(28)25-14-12-19-5-3-4-13-24-19/h1-11,13H,12,14-16H2,(H,25,28). The zero-order valence-electron chi connectivity index (χ0n) is 15.9. The van der Waals surface area contributed by atoms with Crippen LogP contribution in [-0.2, 0) is 17.8 Å². The number of ether oxygens (including phenoxy) is 1. The van der Waals surface area contributed by atoms with Gasteiger partial charge in [-0.05, 0) is 42.0 Å². The fourth-order valence-electron chi connectivity index (χ4n) is 3.22. The van der Waals surface area contributed by atoms with Crippen molar-refractivity contribution < 1.29 is 14.3 Å². The molecule has 2 amide bonds. The molecule has 0 atom stereocenters. The van der Waals surface area contributed by atoms with Crippen LogP contribution < -0.4 is 15.0 Å². The Bertz CT molecular complexity index is 1000. The van der Waals surface area contributed by atoms with Crippen molar-refractivity contribution in [3.63, 3.8) is 0 Å². The van der Waals surface area contributed by atoms with Crippen molar-refractivity contribution >= 4 is 17.5 Å². The minimum Gasteiger partial charge on any atom is -0.482 e. The van der Waals surface area contributed by atoms with E-state index in [1.54, 1.807) is 23.2 Å². The fourth-order valence-corrected chi connectivity index (χ4v) is 3.22. The third-order valence-corrected chi connectivity index (χ3v) is 4.76. The number of carbonyl (C=O) groups is 2. The Morgan fingerprint density at radius 3 is 2.62 bits per heavy atom. The molecule has 6 nitrogen and oxygen atoms in total. The van der Waals surface area contributed by atoms with E-state index in [1.807, 2.05) is 54.6 Å². The normalized spacial score (nSPS) is 12.8. The Labute approximate surface area is 169 Å². The lowest BCUT2D eigenvalue weighted by molar-refractivity contribution is -0.121. The molecule has 29 heavy (non-hydrogen) atoms. The molecule has 1 aromatic heterocycles. The summed E-state index contributed by atoms with van der Waals surface area (Å²) in [5, 5.41) is 2.91. The number of anilines is 1. The number of para-hydroxylation sites is 2. The van der Waals surface area contributed by atoms with Gasteiger partial charge in [0.1, 0.15) is 5.75 Å². The van der Waals surface area contributed by atoms with Crippen molar-refractivity contribution in [2.24, 2.45) is 0 Å². The first-order valence-electron chi connectivity index (χ1n) is 9.50. The predicted octanol–water partition coefficient (Wildman–Crippen LogP) is 2.98. The first-order valence-corrected chi connectivity index (χ1v) is 9.50. The Morgan fingerprint density at radius 1 is 1.03 bits per heavy atom. The van der Waals surface area contributed by atoms with Crippen LogP contribution >= 0.6 is 0 Å². The van der Waals surface area contributed by atoms with Gasteiger partial charge >= 0.3 is 0 Å². The van der Waals surface area contributed by atoms with Crippen LogP contribution in [-0.4, -0.2) is 29.9 Å². The molecule has 2 aromatic carbocycles. The molecule has 0 saturated heterocycles. The third kappa shape index (κ3) is 4.43. The molecule has 0 fully saturated rings. The first-order chi connectivity index (χ1) is 14.2. The summed E-state index contributed by atoms with van der Waals surface area (Å²) in [6.07, 6.45) is 2.43. The fraction of sp³-hybridized carbons (Fsp3) is 0.174. The average molecular weight is 387 g/mol. The van der Waals surface area contributed by atoms with E-state index in [9.17, 15) is 9.59 Å². The highest BCUT2D eigenvalue weighted by Gasteiger charge is 2.25. The van der Waals surface area contributed by atoms with E-state index in [2.05, 4.69) is 10.3 Å². The molecule has 2 heterocycles. The van der Waals surface area contributed by atoms with Crippen LogP contribution in [0.25, 0.3) is 0 Å². The summed E-state index contributed by atoms with van der Waals surface area (Å²) in [4.78, 5) is 30.6. The third-order valence-electron chi connectivity index (χ3n) is 4.76. The molecule has 0 radical (unpaired) electrons. The molecule has 4 rings (SSSR count). The van der Waals surface area contributed by atoms with E-state index < -0.39 is 0 Å². The van der Waals surface area contributed by atoms with Gasteiger partial charge in [-0.15, -0.1) is 0 Å². The van der Waals surface area contributed by atoms with E-state index >= 15 is 0 Å². The number of nitrogens with one attached hydrogen (secondary N) is 1. The van der Waals surface area contributed by atoms with Crippen LogP contribution in [0.2, 0.25) is 0 Å². The number of fused-ring (bicyclic) bond motifs is 1. The molecule has 1 aliphatic rings. The van der Waals surface area contributed by atoms with Crippen LogP contribution in [0.4, 0.5) is 5.69 Å². The van der Waals surface area contributed by atoms with Crippen molar-refractivity contribution in [3.05, 3.63) is 89.7 Å². The summed E-state index contributed by atoms with van der Waals surface area (Å²) >= 11 is 0. The summed E-state index contributed by atoms with van der Waals surface area (Å²) in [6, 6.07) is 20.5. The van der Waals surface area contributed by atoms with E-state index in [4.69, 9.17) is 4.74 Å². The van der Waals surface area contributed by atoms with E-state index in [0.29, 0.717) is 30.8 Å². The largest absolute Gasteiger partial charge is 0.482 e. The number of hydrogen-bond acceptors (Lipinski definition) is 4. The lowest BCUT2D eigenvalue weighted by Crippen LogP contribution is -2.38. The summed E-state index contributed by atoms with van der Waals surface area (Å²) in [5.74, 6) is 0.497. The zero-order chi connectivity index (χ0) is 20.1. The maximum atomic E-state index is 12.3. The van der Waals surface area contributed by atoms with Crippen LogP contribution in [0.5, 0.6) is 5.75 Å². The van der Waals surface area contributed by atoms with Crippen molar-refractivity contribution in [2.75, 3.05) is 18.1 Å². The van der Waals surface area contributed by atoms with Gasteiger partial charge in [-0.2, -0.15) is 0 Å². The molecule has 146 valence electrons. The van der Waals surface area contributed by atoms with Crippen LogP contribution in [0.3, 0.4) is 0 Å². The van der Waals surface area contributed by atoms with Gasteiger partial charge in [0.2, 0.25) is 0 Å². The highest BCUT2D eigenvalue weighted by Crippen LogP contribution is 2.32. The highest BCUT2D eigenvalue weighted by molar-refractivity contribution is 5.98. The number of benzene rings is 2. The summed E-state index contributed by atoms with van der Waals surface area (Å²) in [5.41, 5.74) is 3.24. The number of aromatic nitrogens is 1. The molecule has 3 aromatic rings. The molecular formula is C23H21N3O3. The maximum Gasteiger partial charge on any atom is 0.265 e. The molecule has 1 aliphatic heterocycles. The molecule has 6 heteroatoms. The molecule has 0 unspecified atom stereocenters. The van der Waals surface area contributed by atoms with Crippen LogP contribution in [0.1, 0.15) is 21.6 Å². The molecule has 0 aliphatic carbocycles. The molecule has 0 spiro atoms. The Hall–Kier alpha value is -3.67. The van der Waals surface area contributed by atoms with Crippen molar-refractivity contribution in [1.29, 1.82) is 0 Å². The van der Waals surface area contributed by atoms with E-state index in [1.165, 1.54) is 0 Å². The highest BCUT2D eigenvalue weighted by atomic mass is 16.5. The van der Waals surface area contributed by atoms with Crippen LogP contribution in [0, 0.1) is 0 Å². The smallest absolute Gasteiger partial charge is 0.265 e. The second-order valence-electron chi connectivity index (χ2n) is 6.76. The number of amides is 2. The van der Waals surface area contributed by atoms with Gasteiger partial charge in [-0.3, -0.25) is 14.6 Å². The van der Waals surface area contributed by atoms with Gasteiger partial charge in [0.25, 0.3) is 11.8 Å². The average Bonchev–Trinajstić information content (AvgIpc) is 2.77. The van der Waals surface area contributed by atoms with Crippen molar-refractivity contribution in [1.82, 2.24) is 10.3 Å². The predicted molar refractivity (Wildman–Crippen MR) is 110 cm³/mol. The molecule has 0 bridgehead atoms. The van der Waals surface area contributed by atoms with Gasteiger partial charge in [0.05, 0.1) is 12.2 Å². The number of hydrogen-bond donors (Lipinski definition) is 1. The van der Waals surface area contributed by atoms with Crippen molar-refractivity contribution in [2.45, 2.75) is 13.0 Å². The van der Waals surface area contributed by atoms with E-state index in [0.717, 1.165) is 16.9 Å². The summed E-state index contributed by atoms with van der Waals surface area (Å²) < 4.78 is 5.48. The molecule has 1 N–H and O–H groups in total. The molecular weight excluding hydrogens is 366 g/mol. The minimum atomic E-state index is -0.125. The topological polar surface area (TPSA) is 71.5 Å². The first kappa shape index (κ1) is 18.7. The van der Waals surface area contributed by atoms with Gasteiger partial charge in [0, 0.05) is 30.4 Å². The summed E-state index contributed by atoms with van der Waals surface area (Å²) in [7, 11) is 0. The van der Waals surface area contributed by atoms with Gasteiger partial charge in [0.15, 0.2) is 6.61 Å². The van der Waals surface area contributed by atoms with Crippen molar-refractivity contribution in [3.8, 4) is 5.75 Å². The molecule has 0 saturated carbocycles. The van der Waals surface area contributed by atoms with Gasteiger partial charge in [-0.25, -0.2) is 0 Å². The Morgan fingerprint density at radius 2 is 1.83 bits per heavy atom. The second kappa shape index (κ2) is 8.56. The quantitative estimate of drug-likeness (QED) is 0.706.